The molecular formula is C32H28N4O. The molecule has 1 fully saturated rings. The summed E-state index contributed by atoms with van der Waals surface area (Å²) in [7, 11) is 0. The van der Waals surface area contributed by atoms with Crippen LogP contribution in [0.5, 0.6) is 0 Å². The molecule has 1 saturated carbocycles. The summed E-state index contributed by atoms with van der Waals surface area (Å²) in [6.45, 7) is 2.80. The van der Waals surface area contributed by atoms with Crippen molar-refractivity contribution in [1.82, 2.24) is 15.0 Å². The van der Waals surface area contributed by atoms with Crippen molar-refractivity contribution in [2.75, 3.05) is 11.4 Å². The van der Waals surface area contributed by atoms with Gasteiger partial charge in [-0.05, 0) is 79.0 Å². The van der Waals surface area contributed by atoms with Gasteiger partial charge in [0.25, 0.3) is 5.91 Å². The predicted molar refractivity (Wildman–Crippen MR) is 148 cm³/mol. The number of aryl methyl sites for hydroxylation is 1. The summed E-state index contributed by atoms with van der Waals surface area (Å²) < 4.78 is 0. The van der Waals surface area contributed by atoms with E-state index in [-0.39, 0.29) is 5.91 Å². The molecule has 1 aliphatic carbocycles. The number of hydrogen-bond acceptors (Lipinski definition) is 3. The van der Waals surface area contributed by atoms with Crippen LogP contribution < -0.4 is 4.90 Å². The van der Waals surface area contributed by atoms with E-state index in [1.54, 1.807) is 6.33 Å². The van der Waals surface area contributed by atoms with Gasteiger partial charge in [0.2, 0.25) is 0 Å². The molecule has 0 radical (unpaired) electrons. The Kier molecular flexibility index (Phi) is 5.17. The Morgan fingerprint density at radius 3 is 2.62 bits per heavy atom. The van der Waals surface area contributed by atoms with E-state index in [4.69, 9.17) is 4.98 Å². The Bertz CT molecular complexity index is 1650. The van der Waals surface area contributed by atoms with Crippen molar-refractivity contribution in [1.29, 1.82) is 0 Å². The van der Waals surface area contributed by atoms with E-state index < -0.39 is 0 Å². The molecule has 0 bridgehead atoms. The van der Waals surface area contributed by atoms with Gasteiger partial charge in [0.15, 0.2) is 0 Å². The summed E-state index contributed by atoms with van der Waals surface area (Å²) in [6.07, 6.45) is 6.05. The Morgan fingerprint density at radius 2 is 1.78 bits per heavy atom. The Hall–Kier alpha value is -4.25. The lowest BCUT2D eigenvalue weighted by Gasteiger charge is -2.24. The first kappa shape index (κ1) is 22.0. The number of hydrogen-bond donors (Lipinski definition) is 1. The molecule has 1 N–H and O–H groups in total. The molecule has 7 rings (SSSR count). The number of benzene rings is 3. The first-order valence-corrected chi connectivity index (χ1v) is 13.1. The van der Waals surface area contributed by atoms with E-state index in [0.29, 0.717) is 12.5 Å². The second-order valence-corrected chi connectivity index (χ2v) is 10.2. The highest BCUT2D eigenvalue weighted by Gasteiger charge is 2.29. The van der Waals surface area contributed by atoms with E-state index in [2.05, 4.69) is 65.4 Å². The van der Waals surface area contributed by atoms with Crippen LogP contribution in [0.3, 0.4) is 0 Å². The van der Waals surface area contributed by atoms with Gasteiger partial charge in [-0.1, -0.05) is 54.6 Å². The second-order valence-electron chi connectivity index (χ2n) is 10.2. The highest BCUT2D eigenvalue weighted by molar-refractivity contribution is 6.08. The molecule has 0 atom stereocenters. The van der Waals surface area contributed by atoms with E-state index in [9.17, 15) is 4.79 Å². The van der Waals surface area contributed by atoms with Crippen molar-refractivity contribution in [3.8, 4) is 22.5 Å². The maximum Gasteiger partial charge on any atom is 0.258 e. The summed E-state index contributed by atoms with van der Waals surface area (Å²) in [4.78, 5) is 28.4. The largest absolute Gasteiger partial charge is 0.339 e. The minimum absolute atomic E-state index is 0.0935. The molecular weight excluding hydrogens is 456 g/mol. The number of aromatic nitrogens is 3. The Morgan fingerprint density at radius 1 is 0.919 bits per heavy atom. The smallest absolute Gasteiger partial charge is 0.258 e. The third-order valence-electron chi connectivity index (χ3n) is 7.84. The maximum atomic E-state index is 13.8. The van der Waals surface area contributed by atoms with Crippen LogP contribution in [-0.2, 0) is 6.42 Å². The zero-order valence-electron chi connectivity index (χ0n) is 20.9. The van der Waals surface area contributed by atoms with Crippen molar-refractivity contribution in [3.05, 3.63) is 101 Å². The van der Waals surface area contributed by atoms with Crippen molar-refractivity contribution >= 4 is 22.6 Å². The molecule has 0 saturated heterocycles. The number of anilines is 1. The van der Waals surface area contributed by atoms with Gasteiger partial charge in [-0.3, -0.25) is 4.79 Å². The number of rotatable bonds is 4. The molecule has 2 aromatic heterocycles. The summed E-state index contributed by atoms with van der Waals surface area (Å²) in [5, 5.41) is 0.974. The zero-order chi connectivity index (χ0) is 24.9. The molecule has 0 spiro atoms. The van der Waals surface area contributed by atoms with Gasteiger partial charge in [0, 0.05) is 34.4 Å². The van der Waals surface area contributed by atoms with Crippen LogP contribution in [0.1, 0.15) is 52.2 Å². The van der Waals surface area contributed by atoms with Gasteiger partial charge in [0.05, 0.1) is 5.69 Å². The fourth-order valence-corrected chi connectivity index (χ4v) is 5.70. The van der Waals surface area contributed by atoms with E-state index >= 15 is 0 Å². The Labute approximate surface area is 216 Å². The van der Waals surface area contributed by atoms with E-state index in [1.165, 1.54) is 24.0 Å². The van der Waals surface area contributed by atoms with Crippen LogP contribution >= 0.6 is 0 Å². The number of carbonyl (C=O) groups excluding carboxylic acids is 1. The zero-order valence-corrected chi connectivity index (χ0v) is 20.9. The summed E-state index contributed by atoms with van der Waals surface area (Å²) in [6, 6.07) is 25.1. The van der Waals surface area contributed by atoms with Crippen molar-refractivity contribution < 1.29 is 4.79 Å². The quantitative estimate of drug-likeness (QED) is 0.297. The predicted octanol–water partition coefficient (Wildman–Crippen LogP) is 7.07. The Balaban J connectivity index is 1.29. The first-order valence-electron chi connectivity index (χ1n) is 13.1. The summed E-state index contributed by atoms with van der Waals surface area (Å²) in [5.74, 6) is 0.787. The number of nitrogens with zero attached hydrogens (tertiary/aromatic N) is 3. The van der Waals surface area contributed by atoms with Crippen LogP contribution in [0.2, 0.25) is 0 Å². The van der Waals surface area contributed by atoms with Crippen LogP contribution in [-0.4, -0.2) is 27.4 Å². The lowest BCUT2D eigenvalue weighted by molar-refractivity contribution is 0.0988. The van der Waals surface area contributed by atoms with Crippen molar-refractivity contribution in [3.63, 3.8) is 0 Å². The monoisotopic (exact) mass is 484 g/mol. The fourth-order valence-electron chi connectivity index (χ4n) is 5.70. The van der Waals surface area contributed by atoms with Gasteiger partial charge in [-0.2, -0.15) is 0 Å². The molecule has 5 nitrogen and oxygen atoms in total. The minimum Gasteiger partial charge on any atom is -0.339 e. The summed E-state index contributed by atoms with van der Waals surface area (Å²) in [5.41, 5.74) is 10.3. The van der Waals surface area contributed by atoms with Crippen LogP contribution in [0, 0.1) is 6.92 Å². The van der Waals surface area contributed by atoms with Gasteiger partial charge in [0.1, 0.15) is 12.0 Å². The molecule has 3 heterocycles. The highest BCUT2D eigenvalue weighted by atomic mass is 16.2. The standard InChI is InChI=1S/C32H28N4O/c1-20-25(30-27-18-28(22-7-3-2-4-8-22)35-31(27)34-19-33-30)10-5-11-29(20)36-16-6-9-24-17-23(21-12-13-21)14-15-26(24)32(36)37/h2-5,7-8,10-11,14-15,17-19,21H,6,9,12-13,16H2,1H3,(H,33,34,35). The third-order valence-corrected chi connectivity index (χ3v) is 7.84. The van der Waals surface area contributed by atoms with Gasteiger partial charge >= 0.3 is 0 Å². The average molecular weight is 485 g/mol. The van der Waals surface area contributed by atoms with E-state index in [1.807, 2.05) is 29.2 Å². The van der Waals surface area contributed by atoms with Crippen LogP contribution in [0.25, 0.3) is 33.5 Å². The molecule has 2 aliphatic rings. The molecule has 3 aromatic carbocycles. The number of amides is 1. The number of carbonyl (C=O) groups is 1. The fraction of sp³-hybridized carbons (Fsp3) is 0.219. The highest BCUT2D eigenvalue weighted by Crippen LogP contribution is 2.41. The van der Waals surface area contributed by atoms with Crippen molar-refractivity contribution in [2.45, 2.75) is 38.5 Å². The molecule has 37 heavy (non-hydrogen) atoms. The molecule has 5 heteroatoms. The number of fused-ring (bicyclic) bond motifs is 2. The maximum absolute atomic E-state index is 13.8. The number of H-pyrrole nitrogens is 1. The van der Waals surface area contributed by atoms with Gasteiger partial charge in [-0.15, -0.1) is 0 Å². The second kappa shape index (κ2) is 8.70. The number of nitrogens with one attached hydrogen (secondary N) is 1. The lowest BCUT2D eigenvalue weighted by Crippen LogP contribution is -2.31. The molecule has 0 unspecified atom stereocenters. The lowest BCUT2D eigenvalue weighted by atomic mass is 9.98. The minimum atomic E-state index is 0.0935. The molecule has 1 aliphatic heterocycles. The normalized spacial score (nSPS) is 15.6. The average Bonchev–Trinajstić information content (AvgIpc) is 3.71. The van der Waals surface area contributed by atoms with Gasteiger partial charge < -0.3 is 9.88 Å². The third kappa shape index (κ3) is 3.82. The topological polar surface area (TPSA) is 61.9 Å². The molecule has 5 aromatic rings. The van der Waals surface area contributed by atoms with Crippen LogP contribution in [0.15, 0.2) is 79.1 Å². The molecule has 182 valence electrons. The molecule has 1 amide bonds. The van der Waals surface area contributed by atoms with Crippen molar-refractivity contribution in [2.24, 2.45) is 0 Å². The SMILES string of the molecule is Cc1c(-c2ncnc3[nH]c(-c4ccccc4)cc23)cccc1N1CCCc2cc(C3CC3)ccc2C1=O. The van der Waals surface area contributed by atoms with Crippen LogP contribution in [0.4, 0.5) is 5.69 Å². The van der Waals surface area contributed by atoms with E-state index in [0.717, 1.165) is 63.2 Å². The first-order chi connectivity index (χ1) is 18.2. The summed E-state index contributed by atoms with van der Waals surface area (Å²) >= 11 is 0. The number of aromatic amines is 1. The van der Waals surface area contributed by atoms with Gasteiger partial charge in [-0.25, -0.2) is 9.97 Å².